The van der Waals surface area contributed by atoms with Gasteiger partial charge in [-0.2, -0.15) is 5.10 Å². The summed E-state index contributed by atoms with van der Waals surface area (Å²) in [5, 5.41) is 7.88. The smallest absolute Gasteiger partial charge is 0.254 e. The van der Waals surface area contributed by atoms with Gasteiger partial charge in [-0.1, -0.05) is 0 Å². The number of amides is 1. The summed E-state index contributed by atoms with van der Waals surface area (Å²) in [6, 6.07) is 10.3. The molecule has 1 amide bonds. The highest BCUT2D eigenvalue weighted by Gasteiger charge is 2.28. The van der Waals surface area contributed by atoms with Crippen LogP contribution in [0.2, 0.25) is 0 Å². The molecule has 3 rings (SSSR count). The van der Waals surface area contributed by atoms with E-state index in [2.05, 4.69) is 24.3 Å². The van der Waals surface area contributed by atoms with Crippen molar-refractivity contribution in [1.82, 2.24) is 20.0 Å². The van der Waals surface area contributed by atoms with Crippen LogP contribution in [0.25, 0.3) is 5.69 Å². The lowest BCUT2D eigenvalue weighted by atomic mass is 10.1. The highest BCUT2D eigenvalue weighted by atomic mass is 35.5. The van der Waals surface area contributed by atoms with Crippen LogP contribution in [0.1, 0.15) is 35.6 Å². The quantitative estimate of drug-likeness (QED) is 0.907. The molecule has 0 saturated carbocycles. The molecule has 24 heavy (non-hydrogen) atoms. The standard InChI is InChI=1S/C18H24N4O.ClH/c1-12-11-13(2)22(20-12)17-7-5-16(6-8-17)18(23)21-10-9-19-14(3)15(21)4;/h5-8,11,14-15,19H,9-10H2,1-4H3;1H. The molecule has 1 N–H and O–H groups in total. The van der Waals surface area contributed by atoms with Gasteiger partial charge in [0.15, 0.2) is 0 Å². The second kappa shape index (κ2) is 7.36. The molecule has 2 heterocycles. The average molecular weight is 349 g/mol. The van der Waals surface area contributed by atoms with Crippen LogP contribution in [0, 0.1) is 13.8 Å². The number of nitrogens with one attached hydrogen (secondary N) is 1. The Labute approximate surface area is 149 Å². The molecule has 2 atom stereocenters. The maximum absolute atomic E-state index is 12.8. The normalized spacial score (nSPS) is 20.6. The van der Waals surface area contributed by atoms with Crippen molar-refractivity contribution in [1.29, 1.82) is 0 Å². The van der Waals surface area contributed by atoms with Crippen LogP contribution < -0.4 is 5.32 Å². The number of hydrogen-bond donors (Lipinski definition) is 1. The third-order valence-corrected chi connectivity index (χ3v) is 4.66. The monoisotopic (exact) mass is 348 g/mol. The molecule has 0 aliphatic carbocycles. The number of carbonyl (C=O) groups is 1. The van der Waals surface area contributed by atoms with E-state index in [1.165, 1.54) is 0 Å². The lowest BCUT2D eigenvalue weighted by molar-refractivity contribution is 0.0603. The fourth-order valence-corrected chi connectivity index (χ4v) is 3.14. The molecular formula is C18H25ClN4O. The minimum atomic E-state index is 0. The fraction of sp³-hybridized carbons (Fsp3) is 0.444. The number of nitrogens with zero attached hydrogens (tertiary/aromatic N) is 3. The molecule has 0 spiro atoms. The molecule has 2 aromatic rings. The summed E-state index contributed by atoms with van der Waals surface area (Å²) >= 11 is 0. The number of carbonyl (C=O) groups excluding carboxylic acids is 1. The lowest BCUT2D eigenvalue weighted by Gasteiger charge is -2.38. The Kier molecular flexibility index (Phi) is 5.67. The van der Waals surface area contributed by atoms with Gasteiger partial charge in [-0.3, -0.25) is 4.79 Å². The number of aromatic nitrogens is 2. The first-order valence-corrected chi connectivity index (χ1v) is 8.15. The number of aryl methyl sites for hydroxylation is 2. The first kappa shape index (κ1) is 18.5. The topological polar surface area (TPSA) is 50.2 Å². The third kappa shape index (κ3) is 3.47. The van der Waals surface area contributed by atoms with E-state index in [-0.39, 0.29) is 24.4 Å². The highest BCUT2D eigenvalue weighted by molar-refractivity contribution is 5.94. The summed E-state index contributed by atoms with van der Waals surface area (Å²) in [4.78, 5) is 14.7. The predicted octanol–water partition coefficient (Wildman–Crippen LogP) is 2.73. The van der Waals surface area contributed by atoms with E-state index in [1.54, 1.807) is 0 Å². The summed E-state index contributed by atoms with van der Waals surface area (Å²) in [6.07, 6.45) is 0. The minimum absolute atomic E-state index is 0. The highest BCUT2D eigenvalue weighted by Crippen LogP contribution is 2.17. The van der Waals surface area contributed by atoms with E-state index >= 15 is 0 Å². The zero-order chi connectivity index (χ0) is 16.6. The number of benzene rings is 1. The largest absolute Gasteiger partial charge is 0.333 e. The molecule has 130 valence electrons. The van der Waals surface area contributed by atoms with Gasteiger partial charge in [0, 0.05) is 36.4 Å². The van der Waals surface area contributed by atoms with Gasteiger partial charge in [-0.05, 0) is 58.0 Å². The summed E-state index contributed by atoms with van der Waals surface area (Å²) in [7, 11) is 0. The zero-order valence-electron chi connectivity index (χ0n) is 14.6. The van der Waals surface area contributed by atoms with Gasteiger partial charge in [-0.15, -0.1) is 12.4 Å². The van der Waals surface area contributed by atoms with Gasteiger partial charge >= 0.3 is 0 Å². The van der Waals surface area contributed by atoms with Crippen molar-refractivity contribution in [2.45, 2.75) is 39.8 Å². The molecule has 2 unspecified atom stereocenters. The van der Waals surface area contributed by atoms with Gasteiger partial charge in [0.2, 0.25) is 0 Å². The van der Waals surface area contributed by atoms with Crippen LogP contribution >= 0.6 is 12.4 Å². The van der Waals surface area contributed by atoms with Crippen molar-refractivity contribution in [3.8, 4) is 5.69 Å². The van der Waals surface area contributed by atoms with Crippen LogP contribution in [0.4, 0.5) is 0 Å². The van der Waals surface area contributed by atoms with Crippen molar-refractivity contribution in [2.75, 3.05) is 13.1 Å². The second-order valence-corrected chi connectivity index (χ2v) is 6.37. The Morgan fingerprint density at radius 2 is 1.88 bits per heavy atom. The van der Waals surface area contributed by atoms with E-state index in [4.69, 9.17) is 0 Å². The van der Waals surface area contributed by atoms with Crippen molar-refractivity contribution >= 4 is 18.3 Å². The van der Waals surface area contributed by atoms with Crippen LogP contribution in [0.3, 0.4) is 0 Å². The second-order valence-electron chi connectivity index (χ2n) is 6.37. The average Bonchev–Trinajstić information content (AvgIpc) is 2.88. The van der Waals surface area contributed by atoms with E-state index in [1.807, 2.05) is 53.8 Å². The van der Waals surface area contributed by atoms with E-state index in [9.17, 15) is 4.79 Å². The van der Waals surface area contributed by atoms with Gasteiger partial charge in [0.1, 0.15) is 0 Å². The molecule has 6 heteroatoms. The predicted molar refractivity (Wildman–Crippen MR) is 98.2 cm³/mol. The molecule has 1 aromatic heterocycles. The van der Waals surface area contributed by atoms with Crippen LogP contribution in [0.15, 0.2) is 30.3 Å². The molecule has 0 radical (unpaired) electrons. The first-order valence-electron chi connectivity index (χ1n) is 8.15. The Morgan fingerprint density at radius 1 is 1.21 bits per heavy atom. The zero-order valence-corrected chi connectivity index (χ0v) is 15.4. The van der Waals surface area contributed by atoms with Crippen molar-refractivity contribution in [3.05, 3.63) is 47.3 Å². The third-order valence-electron chi connectivity index (χ3n) is 4.66. The maximum Gasteiger partial charge on any atom is 0.254 e. The van der Waals surface area contributed by atoms with Crippen LogP contribution in [0.5, 0.6) is 0 Å². The number of halogens is 1. The Balaban J connectivity index is 0.00000208. The van der Waals surface area contributed by atoms with Crippen LogP contribution in [-0.2, 0) is 0 Å². The first-order chi connectivity index (χ1) is 11.0. The van der Waals surface area contributed by atoms with Gasteiger partial charge in [0.05, 0.1) is 11.4 Å². The summed E-state index contributed by atoms with van der Waals surface area (Å²) in [5.74, 6) is 0.103. The summed E-state index contributed by atoms with van der Waals surface area (Å²) in [5.41, 5.74) is 3.79. The van der Waals surface area contributed by atoms with Gasteiger partial charge < -0.3 is 10.2 Å². The summed E-state index contributed by atoms with van der Waals surface area (Å²) < 4.78 is 1.90. The van der Waals surface area contributed by atoms with Crippen molar-refractivity contribution in [3.63, 3.8) is 0 Å². The van der Waals surface area contributed by atoms with Gasteiger partial charge in [-0.25, -0.2) is 4.68 Å². The molecule has 1 aliphatic heterocycles. The van der Waals surface area contributed by atoms with E-state index in [0.717, 1.165) is 35.7 Å². The van der Waals surface area contributed by atoms with Crippen molar-refractivity contribution < 1.29 is 4.79 Å². The molecule has 1 aliphatic rings. The number of rotatable bonds is 2. The van der Waals surface area contributed by atoms with E-state index in [0.29, 0.717) is 6.04 Å². The molecule has 1 aromatic carbocycles. The molecular weight excluding hydrogens is 324 g/mol. The summed E-state index contributed by atoms with van der Waals surface area (Å²) in [6.45, 7) is 9.83. The molecule has 0 bridgehead atoms. The molecule has 1 saturated heterocycles. The number of hydrogen-bond acceptors (Lipinski definition) is 3. The Hall–Kier alpha value is -1.85. The van der Waals surface area contributed by atoms with E-state index < -0.39 is 0 Å². The number of piperazine rings is 1. The van der Waals surface area contributed by atoms with Crippen molar-refractivity contribution in [2.24, 2.45) is 0 Å². The molecule has 1 fully saturated rings. The SMILES string of the molecule is Cc1cc(C)n(-c2ccc(C(=O)N3CCNC(C)C3C)cc2)n1.Cl. The Morgan fingerprint density at radius 3 is 2.46 bits per heavy atom. The van der Waals surface area contributed by atoms with Crippen LogP contribution in [-0.4, -0.2) is 45.8 Å². The van der Waals surface area contributed by atoms with Gasteiger partial charge in [0.25, 0.3) is 5.91 Å². The minimum Gasteiger partial charge on any atom is -0.333 e. The maximum atomic E-state index is 12.8. The fourth-order valence-electron chi connectivity index (χ4n) is 3.14. The lowest BCUT2D eigenvalue weighted by Crippen LogP contribution is -2.57. The Bertz CT molecular complexity index is 710. The molecule has 5 nitrogen and oxygen atoms in total.